The molecular formula is C25H22ClF6N5O2. The summed E-state index contributed by atoms with van der Waals surface area (Å²) in [4.78, 5) is 24.5. The first-order chi connectivity index (χ1) is 18.3. The number of aromatic nitrogens is 2. The van der Waals surface area contributed by atoms with E-state index in [0.29, 0.717) is 41.8 Å². The average molecular weight is 574 g/mol. The van der Waals surface area contributed by atoms with Crippen molar-refractivity contribution in [1.82, 2.24) is 20.2 Å². The highest BCUT2D eigenvalue weighted by Gasteiger charge is 2.37. The molecule has 7 nitrogen and oxygen atoms in total. The van der Waals surface area contributed by atoms with Gasteiger partial charge in [-0.15, -0.1) is 0 Å². The number of ether oxygens (including phenoxy) is 1. The molecule has 1 saturated heterocycles. The van der Waals surface area contributed by atoms with E-state index < -0.39 is 36.1 Å². The Bertz CT molecular complexity index is 1310. The molecule has 208 valence electrons. The van der Waals surface area contributed by atoms with Crippen LogP contribution in [0.4, 0.5) is 37.1 Å². The number of alkyl halides is 6. The van der Waals surface area contributed by atoms with Gasteiger partial charge in [-0.2, -0.15) is 26.3 Å². The molecule has 3 aromatic rings. The highest BCUT2D eigenvalue weighted by atomic mass is 35.5. The number of nitrogens with one attached hydrogen (secondary N) is 1. The Balaban J connectivity index is 1.61. The van der Waals surface area contributed by atoms with E-state index in [1.807, 2.05) is 4.90 Å². The zero-order chi connectivity index (χ0) is 28.4. The fraction of sp³-hybridized carbons (Fsp3) is 0.320. The number of piperazine rings is 1. The summed E-state index contributed by atoms with van der Waals surface area (Å²) in [5, 5.41) is 3.53. The van der Waals surface area contributed by atoms with Crippen molar-refractivity contribution in [2.24, 2.45) is 0 Å². The Kier molecular flexibility index (Phi) is 8.21. The molecule has 0 spiro atoms. The number of anilines is 1. The second-order valence-electron chi connectivity index (χ2n) is 8.74. The van der Waals surface area contributed by atoms with E-state index in [-0.39, 0.29) is 23.1 Å². The molecule has 1 N–H and O–H groups in total. The van der Waals surface area contributed by atoms with Crippen LogP contribution in [0.5, 0.6) is 5.75 Å². The van der Waals surface area contributed by atoms with Gasteiger partial charge in [-0.3, -0.25) is 0 Å². The maximum absolute atomic E-state index is 13.2. The number of carbonyl (C=O) groups excluding carboxylic acids is 1. The molecule has 1 aliphatic heterocycles. The van der Waals surface area contributed by atoms with Gasteiger partial charge in [-0.25, -0.2) is 14.8 Å². The fourth-order valence-corrected chi connectivity index (χ4v) is 4.15. The molecule has 39 heavy (non-hydrogen) atoms. The van der Waals surface area contributed by atoms with Gasteiger partial charge in [0.25, 0.3) is 0 Å². The summed E-state index contributed by atoms with van der Waals surface area (Å²) >= 11 is 6.36. The van der Waals surface area contributed by atoms with Crippen LogP contribution < -0.4 is 15.0 Å². The Morgan fingerprint density at radius 2 is 1.67 bits per heavy atom. The number of amides is 1. The van der Waals surface area contributed by atoms with Gasteiger partial charge in [0.15, 0.2) is 5.75 Å². The third-order valence-electron chi connectivity index (χ3n) is 5.85. The van der Waals surface area contributed by atoms with Crippen LogP contribution in [0.25, 0.3) is 11.3 Å². The van der Waals surface area contributed by atoms with E-state index in [4.69, 9.17) is 16.3 Å². The van der Waals surface area contributed by atoms with Gasteiger partial charge in [0.05, 0.1) is 22.3 Å². The first kappa shape index (κ1) is 28.4. The number of nitrogens with zero attached hydrogens (tertiary/aromatic N) is 4. The van der Waals surface area contributed by atoms with Crippen LogP contribution in [0.15, 0.2) is 48.7 Å². The summed E-state index contributed by atoms with van der Waals surface area (Å²) in [6.07, 6.45) is -9.79. The SMILES string of the molecule is CN(Cc1cc(C(F)(F)F)cc(C(F)(F)F)c1)C(=O)Oc1cnc(N2CCNCC2)nc1-c1ccccc1Cl. The van der Waals surface area contributed by atoms with E-state index in [1.54, 1.807) is 24.3 Å². The lowest BCUT2D eigenvalue weighted by molar-refractivity contribution is -0.143. The number of hydrogen-bond donors (Lipinski definition) is 1. The Morgan fingerprint density at radius 3 is 2.26 bits per heavy atom. The smallest absolute Gasteiger partial charge is 0.406 e. The topological polar surface area (TPSA) is 70.6 Å². The zero-order valence-electron chi connectivity index (χ0n) is 20.4. The van der Waals surface area contributed by atoms with Crippen LogP contribution in [-0.4, -0.2) is 54.2 Å². The molecule has 2 heterocycles. The highest BCUT2D eigenvalue weighted by Crippen LogP contribution is 2.37. The quantitative estimate of drug-likeness (QED) is 0.385. The lowest BCUT2D eigenvalue weighted by atomic mass is 10.0. The fourth-order valence-electron chi connectivity index (χ4n) is 3.92. The summed E-state index contributed by atoms with van der Waals surface area (Å²) < 4.78 is 84.8. The van der Waals surface area contributed by atoms with E-state index in [9.17, 15) is 31.1 Å². The van der Waals surface area contributed by atoms with Crippen LogP contribution in [0, 0.1) is 0 Å². The average Bonchev–Trinajstić information content (AvgIpc) is 2.88. The van der Waals surface area contributed by atoms with Crippen molar-refractivity contribution in [2.75, 3.05) is 38.1 Å². The van der Waals surface area contributed by atoms with Crippen molar-refractivity contribution in [3.8, 4) is 17.0 Å². The van der Waals surface area contributed by atoms with Gasteiger partial charge < -0.3 is 19.9 Å². The molecule has 14 heteroatoms. The van der Waals surface area contributed by atoms with Crippen molar-refractivity contribution in [3.05, 3.63) is 70.4 Å². The van der Waals surface area contributed by atoms with Gasteiger partial charge in [0.2, 0.25) is 5.95 Å². The van der Waals surface area contributed by atoms with E-state index in [1.165, 1.54) is 13.2 Å². The molecule has 0 radical (unpaired) electrons. The molecule has 0 atom stereocenters. The first-order valence-electron chi connectivity index (χ1n) is 11.6. The minimum atomic E-state index is -5.01. The predicted molar refractivity (Wildman–Crippen MR) is 131 cm³/mol. The number of carbonyl (C=O) groups is 1. The van der Waals surface area contributed by atoms with Gasteiger partial charge in [-0.1, -0.05) is 29.8 Å². The van der Waals surface area contributed by atoms with Crippen LogP contribution in [0.3, 0.4) is 0 Å². The second kappa shape index (κ2) is 11.3. The minimum absolute atomic E-state index is 0.0228. The standard InChI is InChI=1S/C25H22ClF6N5O2/c1-36(14-15-10-16(24(27,28)29)12-17(11-15)25(30,31)32)23(38)39-20-13-34-22(37-8-6-33-7-9-37)35-21(20)18-4-2-3-5-19(18)26/h2-5,10-13,33H,6-9,14H2,1H3. The normalized spacial score (nSPS) is 14.3. The first-order valence-corrected chi connectivity index (χ1v) is 12.0. The molecule has 0 aliphatic carbocycles. The summed E-state index contributed by atoms with van der Waals surface area (Å²) in [7, 11) is 1.18. The third-order valence-corrected chi connectivity index (χ3v) is 6.18. The molecule has 0 saturated carbocycles. The van der Waals surface area contributed by atoms with E-state index >= 15 is 0 Å². The summed E-state index contributed by atoms with van der Waals surface area (Å²) in [5.41, 5.74) is -2.70. The molecular weight excluding hydrogens is 552 g/mol. The molecule has 0 unspecified atom stereocenters. The minimum Gasteiger partial charge on any atom is -0.406 e. The maximum Gasteiger partial charge on any atom is 0.416 e. The number of halogens is 7. The monoisotopic (exact) mass is 573 g/mol. The van der Waals surface area contributed by atoms with Crippen LogP contribution in [-0.2, 0) is 18.9 Å². The van der Waals surface area contributed by atoms with Crippen molar-refractivity contribution in [3.63, 3.8) is 0 Å². The lowest BCUT2D eigenvalue weighted by Gasteiger charge is -2.28. The van der Waals surface area contributed by atoms with Crippen LogP contribution in [0.2, 0.25) is 5.02 Å². The molecule has 2 aromatic carbocycles. The predicted octanol–water partition coefficient (Wildman–Crippen LogP) is 5.88. The lowest BCUT2D eigenvalue weighted by Crippen LogP contribution is -2.44. The third kappa shape index (κ3) is 6.90. The second-order valence-corrected chi connectivity index (χ2v) is 9.15. The molecule has 1 aliphatic rings. The molecule has 1 amide bonds. The Hall–Kier alpha value is -3.58. The number of rotatable bonds is 5. The molecule has 1 aromatic heterocycles. The van der Waals surface area contributed by atoms with Crippen molar-refractivity contribution >= 4 is 23.6 Å². The van der Waals surface area contributed by atoms with Crippen molar-refractivity contribution in [2.45, 2.75) is 18.9 Å². The van der Waals surface area contributed by atoms with Crippen LogP contribution in [0.1, 0.15) is 16.7 Å². The summed E-state index contributed by atoms with van der Waals surface area (Å²) in [6, 6.07) is 7.82. The van der Waals surface area contributed by atoms with E-state index in [0.717, 1.165) is 18.0 Å². The van der Waals surface area contributed by atoms with E-state index in [2.05, 4.69) is 15.3 Å². The summed E-state index contributed by atoms with van der Waals surface area (Å²) in [6.45, 7) is 2.13. The van der Waals surface area contributed by atoms with Gasteiger partial charge in [0, 0.05) is 45.3 Å². The number of benzene rings is 2. The zero-order valence-corrected chi connectivity index (χ0v) is 21.2. The number of hydrogen-bond acceptors (Lipinski definition) is 6. The van der Waals surface area contributed by atoms with Crippen LogP contribution >= 0.6 is 11.6 Å². The molecule has 0 bridgehead atoms. The largest absolute Gasteiger partial charge is 0.416 e. The molecule has 1 fully saturated rings. The Labute approximate surface area is 224 Å². The van der Waals surface area contributed by atoms with Gasteiger partial charge in [-0.05, 0) is 29.8 Å². The van der Waals surface area contributed by atoms with Gasteiger partial charge in [0.1, 0.15) is 5.69 Å². The Morgan fingerprint density at radius 1 is 1.05 bits per heavy atom. The summed E-state index contributed by atoms with van der Waals surface area (Å²) in [5.74, 6) is 0.294. The highest BCUT2D eigenvalue weighted by molar-refractivity contribution is 6.33. The van der Waals surface area contributed by atoms with Crippen molar-refractivity contribution in [1.29, 1.82) is 0 Å². The maximum atomic E-state index is 13.2. The van der Waals surface area contributed by atoms with Gasteiger partial charge >= 0.3 is 18.4 Å². The molecule has 4 rings (SSSR count). The van der Waals surface area contributed by atoms with Crippen molar-refractivity contribution < 1.29 is 35.9 Å².